The maximum absolute atomic E-state index is 13.8. The Morgan fingerprint density at radius 3 is 2.62 bits per heavy atom. The minimum absolute atomic E-state index is 0.337. The molecule has 180 valence electrons. The van der Waals surface area contributed by atoms with E-state index in [1.165, 1.54) is 6.07 Å². The third-order valence-corrected chi connectivity index (χ3v) is 9.72. The fourth-order valence-electron chi connectivity index (χ4n) is 4.92. The highest BCUT2D eigenvalue weighted by molar-refractivity contribution is 7.71. The van der Waals surface area contributed by atoms with Gasteiger partial charge in [-0.3, -0.25) is 4.98 Å². The van der Waals surface area contributed by atoms with Gasteiger partial charge in [-0.2, -0.15) is 13.2 Å². The number of aryl methyl sites for hydroxylation is 1. The van der Waals surface area contributed by atoms with E-state index >= 15 is 0 Å². The molecule has 0 radical (unpaired) electrons. The lowest BCUT2D eigenvalue weighted by molar-refractivity contribution is -0.138. The van der Waals surface area contributed by atoms with Gasteiger partial charge in [0.05, 0.1) is 23.3 Å². The molecule has 0 amide bonds. The fraction of sp³-hybridized carbons (Fsp3) is 0.458. The maximum atomic E-state index is 13.8. The third-order valence-electron chi connectivity index (χ3n) is 6.75. The molecule has 0 aliphatic carbocycles. The quantitative estimate of drug-likeness (QED) is 0.483. The summed E-state index contributed by atoms with van der Waals surface area (Å²) in [5.41, 5.74) is 1.59. The van der Waals surface area contributed by atoms with Crippen LogP contribution in [0.5, 0.6) is 0 Å². The van der Waals surface area contributed by atoms with Crippen LogP contribution in [0.1, 0.15) is 48.3 Å². The molecule has 2 N–H and O–H groups in total. The molecule has 1 fully saturated rings. The monoisotopic (exact) mass is 489 g/mol. The van der Waals surface area contributed by atoms with Crippen LogP contribution in [0.4, 0.5) is 19.0 Å². The highest BCUT2D eigenvalue weighted by Crippen LogP contribution is 2.45. The summed E-state index contributed by atoms with van der Waals surface area (Å²) in [7, 11) is -2.61. The van der Waals surface area contributed by atoms with Crippen LogP contribution in [0.25, 0.3) is 10.9 Å². The van der Waals surface area contributed by atoms with Crippen molar-refractivity contribution in [3.63, 3.8) is 0 Å². The minimum Gasteiger partial charge on any atom is -0.363 e. The van der Waals surface area contributed by atoms with Crippen LogP contribution < -0.4 is 16.1 Å². The van der Waals surface area contributed by atoms with Gasteiger partial charge >= 0.3 is 6.18 Å². The molecule has 6 nitrogen and oxygen atoms in total. The summed E-state index contributed by atoms with van der Waals surface area (Å²) in [6, 6.07) is 5.79. The first-order chi connectivity index (χ1) is 16.2. The fourth-order valence-corrected chi connectivity index (χ4v) is 7.27. The van der Waals surface area contributed by atoms with E-state index in [4.69, 9.17) is 4.98 Å². The predicted molar refractivity (Wildman–Crippen MR) is 127 cm³/mol. The van der Waals surface area contributed by atoms with E-state index in [1.54, 1.807) is 12.3 Å². The molecule has 2 aliphatic rings. The number of hydrogen-bond acceptors (Lipinski definition) is 6. The second-order valence-electron chi connectivity index (χ2n) is 9.08. The van der Waals surface area contributed by atoms with E-state index in [9.17, 15) is 17.7 Å². The van der Waals surface area contributed by atoms with Crippen molar-refractivity contribution in [3.8, 4) is 0 Å². The predicted octanol–water partition coefficient (Wildman–Crippen LogP) is 4.69. The van der Waals surface area contributed by atoms with E-state index in [0.29, 0.717) is 90.2 Å². The van der Waals surface area contributed by atoms with Gasteiger partial charge in [-0.25, -0.2) is 9.97 Å². The molecule has 5 rings (SSSR count). The van der Waals surface area contributed by atoms with Gasteiger partial charge in [-0.05, 0) is 49.4 Å². The minimum atomic E-state index is -4.41. The Hall–Kier alpha value is -2.51. The van der Waals surface area contributed by atoms with E-state index < -0.39 is 24.9 Å². The highest BCUT2D eigenvalue weighted by Gasteiger charge is 2.35. The molecule has 34 heavy (non-hydrogen) atoms. The van der Waals surface area contributed by atoms with Crippen LogP contribution in [-0.2, 0) is 23.6 Å². The number of halogens is 3. The summed E-state index contributed by atoms with van der Waals surface area (Å²) >= 11 is 0. The molecular formula is C24H27F3N5OP. The average Bonchev–Trinajstić information content (AvgIpc) is 2.83. The van der Waals surface area contributed by atoms with E-state index in [-0.39, 0.29) is 0 Å². The lowest BCUT2D eigenvalue weighted by atomic mass is 9.92. The lowest BCUT2D eigenvalue weighted by Crippen LogP contribution is -2.33. The van der Waals surface area contributed by atoms with Gasteiger partial charge in [0.25, 0.3) is 0 Å². The first-order valence-corrected chi connectivity index (χ1v) is 13.7. The molecule has 0 unspecified atom stereocenters. The number of alkyl halides is 3. The summed E-state index contributed by atoms with van der Waals surface area (Å²) in [5.74, 6) is 1.18. The van der Waals surface area contributed by atoms with Crippen molar-refractivity contribution in [2.75, 3.05) is 30.7 Å². The number of aromatic nitrogens is 3. The van der Waals surface area contributed by atoms with Crippen molar-refractivity contribution in [2.24, 2.45) is 0 Å². The van der Waals surface area contributed by atoms with Gasteiger partial charge in [-0.1, -0.05) is 12.1 Å². The number of benzene rings is 1. The zero-order chi connectivity index (χ0) is 23.9. The van der Waals surface area contributed by atoms with Crippen LogP contribution in [0.15, 0.2) is 30.5 Å². The Labute approximate surface area is 196 Å². The number of pyridine rings is 1. The van der Waals surface area contributed by atoms with Gasteiger partial charge in [0.2, 0.25) is 0 Å². The first-order valence-electron chi connectivity index (χ1n) is 11.7. The number of hydrogen-bond donors (Lipinski definition) is 2. The molecule has 0 saturated carbocycles. The van der Waals surface area contributed by atoms with Gasteiger partial charge in [0.15, 0.2) is 0 Å². The third kappa shape index (κ3) is 4.43. The number of anilines is 1. The zero-order valence-corrected chi connectivity index (χ0v) is 19.8. The normalized spacial score (nSPS) is 20.8. The van der Waals surface area contributed by atoms with Crippen LogP contribution in [-0.4, -0.2) is 40.4 Å². The molecule has 3 aromatic rings. The van der Waals surface area contributed by atoms with E-state index in [1.807, 2.05) is 13.0 Å². The molecule has 2 aliphatic heterocycles. The molecule has 4 heterocycles. The largest absolute Gasteiger partial charge is 0.416 e. The van der Waals surface area contributed by atoms with Crippen molar-refractivity contribution < 1.29 is 17.7 Å². The van der Waals surface area contributed by atoms with Crippen molar-refractivity contribution in [2.45, 2.75) is 44.8 Å². The average molecular weight is 489 g/mol. The van der Waals surface area contributed by atoms with Crippen molar-refractivity contribution in [1.29, 1.82) is 0 Å². The van der Waals surface area contributed by atoms with Gasteiger partial charge in [0.1, 0.15) is 24.2 Å². The van der Waals surface area contributed by atoms with Crippen LogP contribution in [0, 0.1) is 0 Å². The van der Waals surface area contributed by atoms with Gasteiger partial charge < -0.3 is 15.2 Å². The standard InChI is InChI=1S/C24H27F3N5OP/c1-15-16-6-4-7-19(24(25,26)27)17(16)5-2-3-8-21-31-20-14-29-22(13-18(20)23(30-15)32-21)34(33)11-9-28-10-12-34/h4,6-7,13-15,28H,2-3,5,8-12H2,1H3,(H,30,31,32)/t15-/m1/s1. The molecule has 1 saturated heterocycles. The Kier molecular flexibility index (Phi) is 6.10. The van der Waals surface area contributed by atoms with Crippen LogP contribution >= 0.6 is 7.14 Å². The smallest absolute Gasteiger partial charge is 0.363 e. The van der Waals surface area contributed by atoms with Crippen molar-refractivity contribution in [1.82, 2.24) is 20.3 Å². The first kappa shape index (κ1) is 23.2. The zero-order valence-electron chi connectivity index (χ0n) is 19.0. The highest BCUT2D eigenvalue weighted by atomic mass is 31.2. The Bertz CT molecular complexity index is 1270. The molecule has 1 aromatic carbocycles. The Morgan fingerprint density at radius 1 is 1.09 bits per heavy atom. The SMILES string of the molecule is C[C@H]1Nc2nc(nc3cnc(P4(=O)CCNCC4)cc23)CCCCc2c1cccc2C(F)(F)F. The van der Waals surface area contributed by atoms with Crippen LogP contribution in [0.3, 0.4) is 0 Å². The molecule has 2 aromatic heterocycles. The lowest BCUT2D eigenvalue weighted by Gasteiger charge is -2.24. The summed E-state index contributed by atoms with van der Waals surface area (Å²) in [6.07, 6.45) is 0.550. The topological polar surface area (TPSA) is 79.8 Å². The number of nitrogens with zero attached hydrogens (tertiary/aromatic N) is 3. The summed E-state index contributed by atoms with van der Waals surface area (Å²) in [4.78, 5) is 13.9. The molecule has 0 spiro atoms. The van der Waals surface area contributed by atoms with E-state index in [2.05, 4.69) is 20.6 Å². The Balaban J connectivity index is 1.61. The number of rotatable bonds is 1. The molecular weight excluding hydrogens is 462 g/mol. The second kappa shape index (κ2) is 8.93. The van der Waals surface area contributed by atoms with Crippen molar-refractivity contribution >= 4 is 29.3 Å². The number of fused-ring (bicyclic) bond motifs is 5. The van der Waals surface area contributed by atoms with Crippen LogP contribution in [0.2, 0.25) is 0 Å². The Morgan fingerprint density at radius 2 is 1.85 bits per heavy atom. The van der Waals surface area contributed by atoms with Crippen molar-refractivity contribution in [3.05, 3.63) is 53.0 Å². The number of nitrogens with one attached hydrogen (secondary N) is 2. The summed E-state index contributed by atoms with van der Waals surface area (Å²) in [6.45, 7) is 3.22. The summed E-state index contributed by atoms with van der Waals surface area (Å²) in [5, 5.41) is 7.28. The second-order valence-corrected chi connectivity index (χ2v) is 12.2. The van der Waals surface area contributed by atoms with Gasteiger partial charge in [-0.15, -0.1) is 0 Å². The van der Waals surface area contributed by atoms with E-state index in [0.717, 1.165) is 6.07 Å². The van der Waals surface area contributed by atoms with Gasteiger partial charge in [0, 0.05) is 37.2 Å². The molecule has 1 atom stereocenters. The summed E-state index contributed by atoms with van der Waals surface area (Å²) < 4.78 is 54.8. The molecule has 10 heteroatoms. The maximum Gasteiger partial charge on any atom is 0.416 e. The molecule has 2 bridgehead atoms.